The molecule has 0 fully saturated rings. The molecule has 4 nitrogen and oxygen atoms in total. The standard InChI is InChI=1S/C13H11ClN4/c1-18(9-11-4-2-3-5-12(11)14)13-10(8-15)6-7-16-17-13/h2-7H,9H2,1H3. The lowest BCUT2D eigenvalue weighted by Crippen LogP contribution is -2.19. The molecule has 0 radical (unpaired) electrons. The maximum Gasteiger partial charge on any atom is 0.169 e. The summed E-state index contributed by atoms with van der Waals surface area (Å²) in [5.41, 5.74) is 1.48. The number of anilines is 1. The first-order chi connectivity index (χ1) is 8.72. The second-order valence-electron chi connectivity index (χ2n) is 3.83. The van der Waals surface area contributed by atoms with Gasteiger partial charge in [0.15, 0.2) is 5.82 Å². The molecule has 90 valence electrons. The molecule has 1 heterocycles. The Bertz CT molecular complexity index is 592. The second-order valence-corrected chi connectivity index (χ2v) is 4.23. The number of hydrogen-bond donors (Lipinski definition) is 0. The van der Waals surface area contributed by atoms with Crippen LogP contribution in [0, 0.1) is 11.3 Å². The van der Waals surface area contributed by atoms with Gasteiger partial charge in [-0.2, -0.15) is 10.4 Å². The molecular formula is C13H11ClN4. The average molecular weight is 259 g/mol. The van der Waals surface area contributed by atoms with E-state index in [0.717, 1.165) is 5.56 Å². The Labute approximate surface area is 110 Å². The van der Waals surface area contributed by atoms with Crippen molar-refractivity contribution in [2.45, 2.75) is 6.54 Å². The summed E-state index contributed by atoms with van der Waals surface area (Å²) in [6, 6.07) is 11.3. The predicted molar refractivity (Wildman–Crippen MR) is 70.3 cm³/mol. The maximum absolute atomic E-state index is 9.02. The van der Waals surface area contributed by atoms with Crippen molar-refractivity contribution in [2.75, 3.05) is 11.9 Å². The van der Waals surface area contributed by atoms with Gasteiger partial charge in [-0.1, -0.05) is 29.8 Å². The summed E-state index contributed by atoms with van der Waals surface area (Å²) in [5, 5.41) is 17.5. The van der Waals surface area contributed by atoms with E-state index >= 15 is 0 Å². The quantitative estimate of drug-likeness (QED) is 0.849. The van der Waals surface area contributed by atoms with Gasteiger partial charge in [-0.3, -0.25) is 0 Å². The molecule has 0 unspecified atom stereocenters. The summed E-state index contributed by atoms with van der Waals surface area (Å²) in [5.74, 6) is 0.555. The first-order valence-corrected chi connectivity index (χ1v) is 5.76. The summed E-state index contributed by atoms with van der Waals surface area (Å²) >= 11 is 6.10. The number of rotatable bonds is 3. The minimum Gasteiger partial charge on any atom is -0.353 e. The molecule has 1 aromatic heterocycles. The Morgan fingerprint density at radius 1 is 1.33 bits per heavy atom. The van der Waals surface area contributed by atoms with E-state index in [1.165, 1.54) is 6.20 Å². The van der Waals surface area contributed by atoms with E-state index in [2.05, 4.69) is 16.3 Å². The van der Waals surface area contributed by atoms with E-state index in [-0.39, 0.29) is 0 Å². The van der Waals surface area contributed by atoms with Gasteiger partial charge in [-0.15, -0.1) is 5.10 Å². The zero-order chi connectivity index (χ0) is 13.0. The average Bonchev–Trinajstić information content (AvgIpc) is 2.41. The summed E-state index contributed by atoms with van der Waals surface area (Å²) < 4.78 is 0. The molecule has 0 saturated heterocycles. The fourth-order valence-corrected chi connectivity index (χ4v) is 1.85. The Morgan fingerprint density at radius 2 is 2.11 bits per heavy atom. The van der Waals surface area contributed by atoms with E-state index in [9.17, 15) is 0 Å². The maximum atomic E-state index is 9.02. The molecule has 0 N–H and O–H groups in total. The van der Waals surface area contributed by atoms with Crippen molar-refractivity contribution in [1.82, 2.24) is 10.2 Å². The number of hydrogen-bond acceptors (Lipinski definition) is 4. The SMILES string of the molecule is CN(Cc1ccccc1Cl)c1nnccc1C#N. The highest BCUT2D eigenvalue weighted by Crippen LogP contribution is 2.20. The van der Waals surface area contributed by atoms with Gasteiger partial charge in [-0.05, 0) is 17.7 Å². The van der Waals surface area contributed by atoms with Gasteiger partial charge in [0.2, 0.25) is 0 Å². The Kier molecular flexibility index (Phi) is 3.75. The van der Waals surface area contributed by atoms with E-state index < -0.39 is 0 Å². The van der Waals surface area contributed by atoms with Crippen molar-refractivity contribution in [1.29, 1.82) is 5.26 Å². The lowest BCUT2D eigenvalue weighted by molar-refractivity contribution is 0.863. The van der Waals surface area contributed by atoms with Crippen molar-refractivity contribution in [3.63, 3.8) is 0 Å². The van der Waals surface area contributed by atoms with E-state index in [4.69, 9.17) is 16.9 Å². The molecule has 2 rings (SSSR count). The van der Waals surface area contributed by atoms with E-state index in [1.54, 1.807) is 6.07 Å². The third-order valence-corrected chi connectivity index (χ3v) is 2.92. The van der Waals surface area contributed by atoms with Crippen LogP contribution in [0.15, 0.2) is 36.5 Å². The monoisotopic (exact) mass is 258 g/mol. The molecule has 0 bridgehead atoms. The number of nitrogens with zero attached hydrogens (tertiary/aromatic N) is 4. The van der Waals surface area contributed by atoms with Crippen molar-refractivity contribution < 1.29 is 0 Å². The van der Waals surface area contributed by atoms with Crippen LogP contribution in [-0.4, -0.2) is 17.2 Å². The summed E-state index contributed by atoms with van der Waals surface area (Å²) in [7, 11) is 1.86. The normalized spacial score (nSPS) is 9.83. The summed E-state index contributed by atoms with van der Waals surface area (Å²) in [6.07, 6.45) is 1.51. The molecule has 0 aliphatic heterocycles. The Balaban J connectivity index is 2.26. The second kappa shape index (κ2) is 5.48. The Morgan fingerprint density at radius 3 is 2.83 bits per heavy atom. The first-order valence-electron chi connectivity index (χ1n) is 5.38. The van der Waals surface area contributed by atoms with E-state index in [1.807, 2.05) is 36.2 Å². The number of halogens is 1. The molecule has 0 spiro atoms. The van der Waals surface area contributed by atoms with Crippen LogP contribution >= 0.6 is 11.6 Å². The predicted octanol–water partition coefficient (Wildman–Crippen LogP) is 2.64. The van der Waals surface area contributed by atoms with Gasteiger partial charge in [0.05, 0.1) is 11.8 Å². The molecule has 0 amide bonds. The van der Waals surface area contributed by atoms with Crippen LogP contribution < -0.4 is 4.90 Å². The Hall–Kier alpha value is -2.12. The van der Waals surface area contributed by atoms with Crippen LogP contribution in [-0.2, 0) is 6.54 Å². The first kappa shape index (κ1) is 12.3. The van der Waals surface area contributed by atoms with Crippen molar-refractivity contribution in [3.8, 4) is 6.07 Å². The fourth-order valence-electron chi connectivity index (χ4n) is 1.65. The lowest BCUT2D eigenvalue weighted by Gasteiger charge is -2.18. The highest BCUT2D eigenvalue weighted by atomic mass is 35.5. The zero-order valence-electron chi connectivity index (χ0n) is 9.84. The third kappa shape index (κ3) is 2.58. The number of nitriles is 1. The molecule has 0 atom stereocenters. The fraction of sp³-hybridized carbons (Fsp3) is 0.154. The summed E-state index contributed by atoms with van der Waals surface area (Å²) in [4.78, 5) is 1.85. The molecule has 0 aliphatic carbocycles. The topological polar surface area (TPSA) is 52.8 Å². The minimum absolute atomic E-state index is 0.500. The molecule has 2 aromatic rings. The molecule has 18 heavy (non-hydrogen) atoms. The lowest BCUT2D eigenvalue weighted by atomic mass is 10.2. The summed E-state index contributed by atoms with van der Waals surface area (Å²) in [6.45, 7) is 0.576. The molecule has 0 aliphatic rings. The molecular weight excluding hydrogens is 248 g/mol. The highest BCUT2D eigenvalue weighted by Gasteiger charge is 2.10. The van der Waals surface area contributed by atoms with Crippen molar-refractivity contribution in [3.05, 3.63) is 52.7 Å². The largest absolute Gasteiger partial charge is 0.353 e. The van der Waals surface area contributed by atoms with Crippen LogP contribution in [0.5, 0.6) is 0 Å². The van der Waals surface area contributed by atoms with E-state index in [0.29, 0.717) is 22.9 Å². The molecule has 5 heteroatoms. The van der Waals surface area contributed by atoms with Crippen LogP contribution in [0.2, 0.25) is 5.02 Å². The van der Waals surface area contributed by atoms with Crippen LogP contribution in [0.25, 0.3) is 0 Å². The van der Waals surface area contributed by atoms with Gasteiger partial charge < -0.3 is 4.90 Å². The zero-order valence-corrected chi connectivity index (χ0v) is 10.6. The van der Waals surface area contributed by atoms with Crippen molar-refractivity contribution in [2.24, 2.45) is 0 Å². The minimum atomic E-state index is 0.500. The van der Waals surface area contributed by atoms with Crippen molar-refractivity contribution >= 4 is 17.4 Å². The van der Waals surface area contributed by atoms with Crippen LogP contribution in [0.4, 0.5) is 5.82 Å². The third-order valence-electron chi connectivity index (χ3n) is 2.55. The van der Waals surface area contributed by atoms with Crippen LogP contribution in [0.1, 0.15) is 11.1 Å². The number of aromatic nitrogens is 2. The van der Waals surface area contributed by atoms with Gasteiger partial charge in [0.1, 0.15) is 6.07 Å². The van der Waals surface area contributed by atoms with Gasteiger partial charge in [0, 0.05) is 18.6 Å². The molecule has 0 saturated carbocycles. The number of benzene rings is 1. The van der Waals surface area contributed by atoms with Gasteiger partial charge in [0.25, 0.3) is 0 Å². The van der Waals surface area contributed by atoms with Gasteiger partial charge in [-0.25, -0.2) is 0 Å². The van der Waals surface area contributed by atoms with Gasteiger partial charge >= 0.3 is 0 Å². The highest BCUT2D eigenvalue weighted by molar-refractivity contribution is 6.31. The van der Waals surface area contributed by atoms with Crippen LogP contribution in [0.3, 0.4) is 0 Å². The molecule has 1 aromatic carbocycles. The smallest absolute Gasteiger partial charge is 0.169 e.